The van der Waals surface area contributed by atoms with Gasteiger partial charge >= 0.3 is 0 Å². The predicted molar refractivity (Wildman–Crippen MR) is 80.5 cm³/mol. The van der Waals surface area contributed by atoms with Crippen molar-refractivity contribution in [1.29, 1.82) is 0 Å². The van der Waals surface area contributed by atoms with Crippen molar-refractivity contribution in [1.82, 2.24) is 15.1 Å². The summed E-state index contributed by atoms with van der Waals surface area (Å²) in [4.78, 5) is 5.53. The Morgan fingerprint density at radius 2 is 1.68 bits per heavy atom. The van der Waals surface area contributed by atoms with Crippen LogP contribution in [0.25, 0.3) is 0 Å². The third-order valence-electron chi connectivity index (χ3n) is 5.93. The fourth-order valence-corrected chi connectivity index (χ4v) is 4.31. The lowest BCUT2D eigenvalue weighted by molar-refractivity contribution is 0.0234. The number of nitrogens with one attached hydrogen (secondary N) is 1. The smallest absolute Gasteiger partial charge is 0.0318 e. The second-order valence-electron chi connectivity index (χ2n) is 7.36. The number of piperazine rings is 1. The molecule has 1 saturated carbocycles. The van der Waals surface area contributed by atoms with E-state index in [1.165, 1.54) is 71.4 Å². The third kappa shape index (κ3) is 2.98. The molecule has 3 nitrogen and oxygen atoms in total. The molecule has 0 unspecified atom stereocenters. The van der Waals surface area contributed by atoms with Crippen molar-refractivity contribution in [2.24, 2.45) is 5.92 Å². The van der Waals surface area contributed by atoms with Crippen molar-refractivity contribution in [3.8, 4) is 0 Å². The number of nitrogens with zero attached hydrogens (tertiary/aromatic N) is 2. The van der Waals surface area contributed by atoms with Crippen molar-refractivity contribution >= 4 is 0 Å². The zero-order valence-corrected chi connectivity index (χ0v) is 12.8. The highest BCUT2D eigenvalue weighted by Gasteiger charge is 2.37. The second-order valence-corrected chi connectivity index (χ2v) is 7.36. The van der Waals surface area contributed by atoms with Crippen molar-refractivity contribution in [3.05, 3.63) is 0 Å². The van der Waals surface area contributed by atoms with Crippen LogP contribution in [0.4, 0.5) is 0 Å². The van der Waals surface area contributed by atoms with Gasteiger partial charge in [-0.2, -0.15) is 0 Å². The van der Waals surface area contributed by atoms with Gasteiger partial charge in [0.1, 0.15) is 0 Å². The summed E-state index contributed by atoms with van der Waals surface area (Å²) in [5, 5.41) is 3.53. The summed E-state index contributed by atoms with van der Waals surface area (Å²) < 4.78 is 0. The Labute approximate surface area is 118 Å². The van der Waals surface area contributed by atoms with Crippen molar-refractivity contribution in [3.63, 3.8) is 0 Å². The Hall–Kier alpha value is -0.120. The molecule has 0 aromatic heterocycles. The molecule has 0 radical (unpaired) electrons. The number of hydrogen-bond donors (Lipinski definition) is 1. The van der Waals surface area contributed by atoms with E-state index in [1.807, 2.05) is 0 Å². The minimum Gasteiger partial charge on any atom is -0.315 e. The van der Waals surface area contributed by atoms with Gasteiger partial charge in [0, 0.05) is 44.3 Å². The highest BCUT2D eigenvalue weighted by atomic mass is 15.3. The van der Waals surface area contributed by atoms with E-state index >= 15 is 0 Å². The molecule has 110 valence electrons. The topological polar surface area (TPSA) is 18.5 Å². The Kier molecular flexibility index (Phi) is 4.16. The van der Waals surface area contributed by atoms with Crippen LogP contribution in [0, 0.1) is 5.92 Å². The normalized spacial score (nSPS) is 42.6. The summed E-state index contributed by atoms with van der Waals surface area (Å²) in [5.74, 6) is 0.973. The fraction of sp³-hybridized carbons (Fsp3) is 1.00. The molecule has 2 aliphatic heterocycles. The Balaban J connectivity index is 1.49. The van der Waals surface area contributed by atoms with Crippen LogP contribution < -0.4 is 5.32 Å². The van der Waals surface area contributed by atoms with Gasteiger partial charge in [-0.1, -0.05) is 6.92 Å². The van der Waals surface area contributed by atoms with Crippen LogP contribution in [0.3, 0.4) is 0 Å². The number of rotatable bonds is 2. The first kappa shape index (κ1) is 13.8. The van der Waals surface area contributed by atoms with Gasteiger partial charge in [0.2, 0.25) is 0 Å². The maximum Gasteiger partial charge on any atom is 0.0318 e. The van der Waals surface area contributed by atoms with E-state index in [0.29, 0.717) is 5.54 Å². The molecule has 0 amide bonds. The molecule has 0 spiro atoms. The first-order chi connectivity index (χ1) is 9.17. The maximum absolute atomic E-state index is 3.53. The van der Waals surface area contributed by atoms with Crippen molar-refractivity contribution in [2.75, 3.05) is 39.3 Å². The first-order valence-corrected chi connectivity index (χ1v) is 8.37. The maximum atomic E-state index is 3.53. The highest BCUT2D eigenvalue weighted by molar-refractivity contribution is 4.96. The van der Waals surface area contributed by atoms with E-state index in [1.54, 1.807) is 0 Å². The molecular formula is C16H31N3. The summed E-state index contributed by atoms with van der Waals surface area (Å²) in [6.07, 6.45) is 7.12. The zero-order chi connectivity index (χ0) is 13.3. The summed E-state index contributed by atoms with van der Waals surface area (Å²) in [5.41, 5.74) is 0.438. The summed E-state index contributed by atoms with van der Waals surface area (Å²) in [6, 6.07) is 0.896. The summed E-state index contributed by atoms with van der Waals surface area (Å²) in [6.45, 7) is 12.4. The van der Waals surface area contributed by atoms with Crippen molar-refractivity contribution in [2.45, 2.75) is 57.5 Å². The quantitative estimate of drug-likeness (QED) is 0.823. The van der Waals surface area contributed by atoms with Gasteiger partial charge in [-0.05, 0) is 51.5 Å². The van der Waals surface area contributed by atoms with E-state index in [9.17, 15) is 0 Å². The lowest BCUT2D eigenvalue weighted by atomic mass is 9.86. The lowest BCUT2D eigenvalue weighted by Crippen LogP contribution is -2.58. The van der Waals surface area contributed by atoms with Crippen molar-refractivity contribution < 1.29 is 0 Å². The number of hydrogen-bond acceptors (Lipinski definition) is 3. The molecule has 3 fully saturated rings. The molecule has 2 saturated heterocycles. The minimum absolute atomic E-state index is 0.438. The first-order valence-electron chi connectivity index (χ1n) is 8.37. The molecule has 1 atom stereocenters. The van der Waals surface area contributed by atoms with Gasteiger partial charge in [-0.3, -0.25) is 9.80 Å². The largest absolute Gasteiger partial charge is 0.315 e. The molecule has 1 N–H and O–H groups in total. The van der Waals surface area contributed by atoms with Crippen LogP contribution in [0.2, 0.25) is 0 Å². The average molecular weight is 265 g/mol. The Bertz CT molecular complexity index is 282. The second kappa shape index (κ2) is 5.71. The molecule has 2 heterocycles. The summed E-state index contributed by atoms with van der Waals surface area (Å²) >= 11 is 0. The molecule has 3 heteroatoms. The van der Waals surface area contributed by atoms with Crippen LogP contribution in [0.1, 0.15) is 46.0 Å². The zero-order valence-electron chi connectivity index (χ0n) is 12.8. The molecule has 3 rings (SSSR count). The lowest BCUT2D eigenvalue weighted by Gasteiger charge is -2.46. The standard InChI is InChI=1S/C16H31N3/c1-14-3-5-15(6-4-14)18-9-11-19(12-10-18)16(2)7-8-17-13-16/h14-15,17H,3-13H2,1-2H3/t14?,15?,16-/m1/s1. The van der Waals surface area contributed by atoms with E-state index in [4.69, 9.17) is 0 Å². The third-order valence-corrected chi connectivity index (χ3v) is 5.93. The molecule has 19 heavy (non-hydrogen) atoms. The Morgan fingerprint density at radius 1 is 1.00 bits per heavy atom. The molecule has 0 bridgehead atoms. The molecule has 3 aliphatic rings. The van der Waals surface area contributed by atoms with E-state index in [0.717, 1.165) is 12.0 Å². The van der Waals surface area contributed by atoms with Gasteiger partial charge in [0.05, 0.1) is 0 Å². The van der Waals surface area contributed by atoms with Crippen LogP contribution in [0.15, 0.2) is 0 Å². The SMILES string of the molecule is CC1CCC(N2CCN([C@]3(C)CCNC3)CC2)CC1. The van der Waals surface area contributed by atoms with Crippen LogP contribution >= 0.6 is 0 Å². The highest BCUT2D eigenvalue weighted by Crippen LogP contribution is 2.29. The molecule has 0 aromatic rings. The van der Waals surface area contributed by atoms with Crippen LogP contribution in [-0.4, -0.2) is 60.6 Å². The van der Waals surface area contributed by atoms with E-state index in [2.05, 4.69) is 29.0 Å². The molecule has 0 aromatic carbocycles. The monoisotopic (exact) mass is 265 g/mol. The Morgan fingerprint density at radius 3 is 2.26 bits per heavy atom. The predicted octanol–water partition coefficient (Wildman–Crippen LogP) is 1.93. The summed E-state index contributed by atoms with van der Waals surface area (Å²) in [7, 11) is 0. The van der Waals surface area contributed by atoms with Crippen LogP contribution in [0.5, 0.6) is 0 Å². The van der Waals surface area contributed by atoms with E-state index < -0.39 is 0 Å². The molecule has 1 aliphatic carbocycles. The van der Waals surface area contributed by atoms with Crippen LogP contribution in [-0.2, 0) is 0 Å². The average Bonchev–Trinajstić information content (AvgIpc) is 2.88. The van der Waals surface area contributed by atoms with Gasteiger partial charge < -0.3 is 5.32 Å². The van der Waals surface area contributed by atoms with Gasteiger partial charge in [-0.15, -0.1) is 0 Å². The van der Waals surface area contributed by atoms with Gasteiger partial charge in [-0.25, -0.2) is 0 Å². The van der Waals surface area contributed by atoms with E-state index in [-0.39, 0.29) is 0 Å². The van der Waals surface area contributed by atoms with Gasteiger partial charge in [0.15, 0.2) is 0 Å². The fourth-order valence-electron chi connectivity index (χ4n) is 4.31. The minimum atomic E-state index is 0.438. The molecular weight excluding hydrogens is 234 g/mol. The van der Waals surface area contributed by atoms with Gasteiger partial charge in [0.25, 0.3) is 0 Å².